The van der Waals surface area contributed by atoms with Gasteiger partial charge in [-0.2, -0.15) is 0 Å². The van der Waals surface area contributed by atoms with Crippen molar-refractivity contribution >= 4 is 11.6 Å². The number of nitrogens with one attached hydrogen (secondary N) is 2. The quantitative estimate of drug-likeness (QED) is 0.701. The molecule has 6 heteroatoms. The number of amides is 1. The van der Waals surface area contributed by atoms with Gasteiger partial charge < -0.3 is 19.5 Å². The van der Waals surface area contributed by atoms with Crippen molar-refractivity contribution in [3.63, 3.8) is 0 Å². The fourth-order valence-electron chi connectivity index (χ4n) is 2.75. The van der Waals surface area contributed by atoms with Crippen LogP contribution in [-0.4, -0.2) is 32.8 Å². The van der Waals surface area contributed by atoms with Gasteiger partial charge in [-0.15, -0.1) is 0 Å². The molecular weight excluding hydrogens is 344 g/mol. The van der Waals surface area contributed by atoms with Gasteiger partial charge in [-0.3, -0.25) is 10.1 Å². The number of anilines is 1. The van der Waals surface area contributed by atoms with Gasteiger partial charge in [0, 0.05) is 17.8 Å². The second-order valence-electron chi connectivity index (χ2n) is 6.17. The number of hydrogen-bond acceptors (Lipinski definition) is 5. The van der Waals surface area contributed by atoms with Crippen LogP contribution in [-0.2, 0) is 4.79 Å². The molecule has 0 aliphatic rings. The molecule has 2 N–H and O–H groups in total. The van der Waals surface area contributed by atoms with Crippen molar-refractivity contribution in [2.24, 2.45) is 0 Å². The van der Waals surface area contributed by atoms with E-state index in [0.29, 0.717) is 23.8 Å². The Morgan fingerprint density at radius 2 is 1.78 bits per heavy atom. The molecule has 27 heavy (non-hydrogen) atoms. The van der Waals surface area contributed by atoms with E-state index in [1.807, 2.05) is 45.0 Å². The van der Waals surface area contributed by atoms with Crippen LogP contribution in [0.5, 0.6) is 17.2 Å². The lowest BCUT2D eigenvalue weighted by Crippen LogP contribution is -2.39. The maximum Gasteiger partial charge on any atom is 0.241 e. The second-order valence-corrected chi connectivity index (χ2v) is 6.17. The molecule has 0 aliphatic carbocycles. The fourth-order valence-corrected chi connectivity index (χ4v) is 2.75. The molecule has 0 saturated carbocycles. The van der Waals surface area contributed by atoms with Crippen molar-refractivity contribution in [3.05, 3.63) is 48.0 Å². The number of methoxy groups -OCH3 is 2. The summed E-state index contributed by atoms with van der Waals surface area (Å²) in [5.41, 5.74) is 1.71. The molecule has 2 unspecified atom stereocenters. The highest BCUT2D eigenvalue weighted by atomic mass is 16.5. The van der Waals surface area contributed by atoms with Crippen LogP contribution in [0.2, 0.25) is 0 Å². The van der Waals surface area contributed by atoms with Gasteiger partial charge in [0.05, 0.1) is 26.9 Å². The highest BCUT2D eigenvalue weighted by molar-refractivity contribution is 5.94. The van der Waals surface area contributed by atoms with E-state index in [4.69, 9.17) is 14.2 Å². The summed E-state index contributed by atoms with van der Waals surface area (Å²) in [4.78, 5) is 12.5. The zero-order valence-electron chi connectivity index (χ0n) is 16.5. The number of carbonyl (C=O) groups is 1. The van der Waals surface area contributed by atoms with E-state index in [0.717, 1.165) is 11.3 Å². The van der Waals surface area contributed by atoms with Crippen LogP contribution >= 0.6 is 0 Å². The molecule has 6 nitrogen and oxygen atoms in total. The summed E-state index contributed by atoms with van der Waals surface area (Å²) in [5, 5.41) is 6.21. The highest BCUT2D eigenvalue weighted by Crippen LogP contribution is 2.29. The SMILES string of the molecule is CCOc1cccc(C(C)NC(C)C(=O)Nc2ccc(OC)c(OC)c2)c1. The predicted octanol–water partition coefficient (Wildman–Crippen LogP) is 3.78. The number of hydrogen-bond donors (Lipinski definition) is 2. The first-order valence-corrected chi connectivity index (χ1v) is 9.00. The molecule has 2 rings (SSSR count). The van der Waals surface area contributed by atoms with E-state index in [9.17, 15) is 4.79 Å². The summed E-state index contributed by atoms with van der Waals surface area (Å²) in [6.45, 7) is 6.43. The summed E-state index contributed by atoms with van der Waals surface area (Å²) < 4.78 is 16.0. The number of rotatable bonds is 9. The van der Waals surface area contributed by atoms with Crippen LogP contribution < -0.4 is 24.8 Å². The van der Waals surface area contributed by atoms with Crippen LogP contribution in [0.25, 0.3) is 0 Å². The largest absolute Gasteiger partial charge is 0.494 e. The standard InChI is InChI=1S/C21H28N2O4/c1-6-27-18-9-7-8-16(12-18)14(2)22-15(3)21(24)23-17-10-11-19(25-4)20(13-17)26-5/h7-15,22H,6H2,1-5H3,(H,23,24). The van der Waals surface area contributed by atoms with E-state index >= 15 is 0 Å². The zero-order valence-corrected chi connectivity index (χ0v) is 16.5. The predicted molar refractivity (Wildman–Crippen MR) is 107 cm³/mol. The molecule has 2 aromatic carbocycles. The summed E-state index contributed by atoms with van der Waals surface area (Å²) in [7, 11) is 3.13. The number of ether oxygens (including phenoxy) is 3. The molecule has 1 amide bonds. The van der Waals surface area contributed by atoms with Gasteiger partial charge in [0.25, 0.3) is 0 Å². The van der Waals surface area contributed by atoms with E-state index in [-0.39, 0.29) is 18.0 Å². The first-order chi connectivity index (χ1) is 13.0. The normalized spacial score (nSPS) is 12.8. The Morgan fingerprint density at radius 3 is 2.44 bits per heavy atom. The first kappa shape index (κ1) is 20.6. The van der Waals surface area contributed by atoms with Gasteiger partial charge in [-0.05, 0) is 50.6 Å². The first-order valence-electron chi connectivity index (χ1n) is 9.00. The third-order valence-corrected chi connectivity index (χ3v) is 4.21. The number of benzene rings is 2. The summed E-state index contributed by atoms with van der Waals surface area (Å²) >= 11 is 0. The summed E-state index contributed by atoms with van der Waals surface area (Å²) in [6.07, 6.45) is 0. The molecule has 0 aliphatic heterocycles. The molecule has 2 atom stereocenters. The molecule has 0 spiro atoms. The van der Waals surface area contributed by atoms with Gasteiger partial charge in [0.1, 0.15) is 5.75 Å². The Balaban J connectivity index is 1.99. The highest BCUT2D eigenvalue weighted by Gasteiger charge is 2.17. The minimum absolute atomic E-state index is 0.00319. The van der Waals surface area contributed by atoms with Crippen molar-refractivity contribution in [3.8, 4) is 17.2 Å². The lowest BCUT2D eigenvalue weighted by Gasteiger charge is -2.21. The van der Waals surface area contributed by atoms with Gasteiger partial charge in [0.15, 0.2) is 11.5 Å². The van der Waals surface area contributed by atoms with Gasteiger partial charge in [0.2, 0.25) is 5.91 Å². The van der Waals surface area contributed by atoms with Gasteiger partial charge in [-0.25, -0.2) is 0 Å². The lowest BCUT2D eigenvalue weighted by atomic mass is 10.1. The Kier molecular flexibility index (Phi) is 7.49. The Labute approximate surface area is 160 Å². The Hall–Kier alpha value is -2.73. The van der Waals surface area contributed by atoms with Crippen LogP contribution in [0.1, 0.15) is 32.4 Å². The maximum absolute atomic E-state index is 12.5. The minimum Gasteiger partial charge on any atom is -0.494 e. The molecule has 0 fully saturated rings. The molecule has 0 heterocycles. The Bertz CT molecular complexity index is 764. The smallest absolute Gasteiger partial charge is 0.241 e. The topological polar surface area (TPSA) is 68.8 Å². The average Bonchev–Trinajstić information content (AvgIpc) is 2.68. The maximum atomic E-state index is 12.5. The van der Waals surface area contributed by atoms with E-state index < -0.39 is 0 Å². The van der Waals surface area contributed by atoms with Crippen molar-refractivity contribution in [1.82, 2.24) is 5.32 Å². The molecule has 0 aromatic heterocycles. The molecule has 146 valence electrons. The monoisotopic (exact) mass is 372 g/mol. The third-order valence-electron chi connectivity index (χ3n) is 4.21. The van der Waals surface area contributed by atoms with Crippen LogP contribution in [0.4, 0.5) is 5.69 Å². The van der Waals surface area contributed by atoms with Gasteiger partial charge >= 0.3 is 0 Å². The fraction of sp³-hybridized carbons (Fsp3) is 0.381. The van der Waals surface area contributed by atoms with Crippen molar-refractivity contribution < 1.29 is 19.0 Å². The molecule has 2 aromatic rings. The lowest BCUT2D eigenvalue weighted by molar-refractivity contribution is -0.117. The van der Waals surface area contributed by atoms with Crippen LogP contribution in [0, 0.1) is 0 Å². The average molecular weight is 372 g/mol. The zero-order chi connectivity index (χ0) is 19.8. The summed E-state index contributed by atoms with van der Waals surface area (Å²) in [5.74, 6) is 1.88. The Morgan fingerprint density at radius 1 is 1.04 bits per heavy atom. The third kappa shape index (κ3) is 5.62. The van der Waals surface area contributed by atoms with Crippen molar-refractivity contribution in [1.29, 1.82) is 0 Å². The summed E-state index contributed by atoms with van der Waals surface area (Å²) in [6, 6.07) is 12.8. The van der Waals surface area contributed by atoms with Crippen molar-refractivity contribution in [2.45, 2.75) is 32.9 Å². The van der Waals surface area contributed by atoms with E-state index in [1.54, 1.807) is 32.4 Å². The van der Waals surface area contributed by atoms with E-state index in [1.165, 1.54) is 0 Å². The van der Waals surface area contributed by atoms with Crippen molar-refractivity contribution in [2.75, 3.05) is 26.1 Å². The molecule has 0 radical (unpaired) electrons. The second kappa shape index (κ2) is 9.83. The molecule has 0 bridgehead atoms. The van der Waals surface area contributed by atoms with Crippen LogP contribution in [0.3, 0.4) is 0 Å². The molecule has 0 saturated heterocycles. The van der Waals surface area contributed by atoms with Crippen LogP contribution in [0.15, 0.2) is 42.5 Å². The number of carbonyl (C=O) groups excluding carboxylic acids is 1. The van der Waals surface area contributed by atoms with E-state index in [2.05, 4.69) is 10.6 Å². The molecular formula is C21H28N2O4. The van der Waals surface area contributed by atoms with Gasteiger partial charge in [-0.1, -0.05) is 12.1 Å². The minimum atomic E-state index is -0.385.